The smallest absolute Gasteiger partial charge is 0.295 e. The van der Waals surface area contributed by atoms with Crippen LogP contribution in [0.3, 0.4) is 0 Å². The molecule has 1 aliphatic rings. The topological polar surface area (TPSA) is 41.1 Å². The molecule has 0 aromatic rings. The van der Waals surface area contributed by atoms with E-state index in [2.05, 4.69) is 17.6 Å². The maximum atomic E-state index is 10.8. The third kappa shape index (κ3) is 2.55. The summed E-state index contributed by atoms with van der Waals surface area (Å²) in [4.78, 5) is 10.8. The summed E-state index contributed by atoms with van der Waals surface area (Å²) in [5.41, 5.74) is 0. The van der Waals surface area contributed by atoms with Gasteiger partial charge in [-0.3, -0.25) is 4.79 Å². The van der Waals surface area contributed by atoms with Crippen LogP contribution in [0.2, 0.25) is 0 Å². The minimum Gasteiger partial charge on any atom is -0.341 e. The van der Waals surface area contributed by atoms with Crippen molar-refractivity contribution in [3.8, 4) is 12.3 Å². The van der Waals surface area contributed by atoms with Crippen molar-refractivity contribution in [3.05, 3.63) is 0 Å². The van der Waals surface area contributed by atoms with Crippen LogP contribution in [0.1, 0.15) is 19.8 Å². The van der Waals surface area contributed by atoms with Crippen LogP contribution in [0.4, 0.5) is 0 Å². The maximum Gasteiger partial charge on any atom is 0.295 e. The number of hydrogen-bond donors (Lipinski definition) is 2. The first kappa shape index (κ1) is 9.08. The van der Waals surface area contributed by atoms with Gasteiger partial charge in [-0.2, -0.15) is 0 Å². The lowest BCUT2D eigenvalue weighted by molar-refractivity contribution is -0.116. The Morgan fingerprint density at radius 2 is 2.42 bits per heavy atom. The monoisotopic (exact) mass is 166 g/mol. The first-order chi connectivity index (χ1) is 5.72. The van der Waals surface area contributed by atoms with Crippen molar-refractivity contribution < 1.29 is 4.79 Å². The number of carbonyl (C=O) groups excluding carboxylic acids is 1. The molecule has 2 N–H and O–H groups in total. The van der Waals surface area contributed by atoms with Gasteiger partial charge in [0.15, 0.2) is 0 Å². The van der Waals surface area contributed by atoms with Crippen molar-refractivity contribution in [2.24, 2.45) is 0 Å². The van der Waals surface area contributed by atoms with E-state index in [4.69, 9.17) is 6.42 Å². The van der Waals surface area contributed by atoms with Crippen LogP contribution < -0.4 is 10.6 Å². The molecule has 0 aromatic carbocycles. The zero-order valence-corrected chi connectivity index (χ0v) is 7.26. The van der Waals surface area contributed by atoms with Gasteiger partial charge in [-0.05, 0) is 25.7 Å². The summed E-state index contributed by atoms with van der Waals surface area (Å²) in [5.74, 6) is 1.74. The van der Waals surface area contributed by atoms with E-state index in [1.807, 2.05) is 5.92 Å². The quantitative estimate of drug-likeness (QED) is 0.533. The van der Waals surface area contributed by atoms with Gasteiger partial charge in [-0.1, -0.05) is 0 Å². The Morgan fingerprint density at radius 1 is 1.67 bits per heavy atom. The first-order valence-corrected chi connectivity index (χ1v) is 4.23. The fraction of sp³-hybridized carbons (Fsp3) is 0.667. The molecule has 2 unspecified atom stereocenters. The van der Waals surface area contributed by atoms with Crippen molar-refractivity contribution in [2.75, 3.05) is 6.54 Å². The second-order valence-electron chi connectivity index (χ2n) is 3.20. The van der Waals surface area contributed by atoms with Gasteiger partial charge in [-0.25, -0.2) is 0 Å². The average Bonchev–Trinajstić information content (AvgIpc) is 2.09. The summed E-state index contributed by atoms with van der Waals surface area (Å²) >= 11 is 0. The molecule has 3 heteroatoms. The van der Waals surface area contributed by atoms with Crippen molar-refractivity contribution in [1.82, 2.24) is 10.6 Å². The molecule has 1 heterocycles. The molecule has 0 aromatic heterocycles. The molecule has 0 saturated carbocycles. The lowest BCUT2D eigenvalue weighted by Crippen LogP contribution is -2.48. The highest BCUT2D eigenvalue weighted by Crippen LogP contribution is 2.06. The highest BCUT2D eigenvalue weighted by molar-refractivity contribution is 5.93. The molecule has 66 valence electrons. The Bertz CT molecular complexity index is 199. The molecular weight excluding hydrogens is 152 g/mol. The standard InChI is InChI=1S/C9H14N2O/c1-3-9(12)11-8-5-4-7(2)10-6-8/h1,7-8,10H,4-6H2,2H3,(H,11,12). The summed E-state index contributed by atoms with van der Waals surface area (Å²) in [6.45, 7) is 2.97. The Hall–Kier alpha value is -1.01. The summed E-state index contributed by atoms with van der Waals surface area (Å²) in [6.07, 6.45) is 7.04. The van der Waals surface area contributed by atoms with Crippen molar-refractivity contribution in [2.45, 2.75) is 31.8 Å². The lowest BCUT2D eigenvalue weighted by atomic mass is 10.0. The van der Waals surface area contributed by atoms with Gasteiger partial charge in [-0.15, -0.1) is 6.42 Å². The molecule has 0 bridgehead atoms. The molecule has 2 atom stereocenters. The van der Waals surface area contributed by atoms with Crippen LogP contribution in [0.5, 0.6) is 0 Å². The summed E-state index contributed by atoms with van der Waals surface area (Å²) in [6, 6.07) is 0.772. The average molecular weight is 166 g/mol. The van der Waals surface area contributed by atoms with Gasteiger partial charge < -0.3 is 10.6 Å². The van der Waals surface area contributed by atoms with Crippen LogP contribution in [-0.4, -0.2) is 24.5 Å². The molecule has 1 saturated heterocycles. The number of nitrogens with one attached hydrogen (secondary N) is 2. The Morgan fingerprint density at radius 3 is 2.92 bits per heavy atom. The zero-order valence-electron chi connectivity index (χ0n) is 7.26. The van der Waals surface area contributed by atoms with E-state index < -0.39 is 0 Å². The highest BCUT2D eigenvalue weighted by atomic mass is 16.1. The normalized spacial score (nSPS) is 29.0. The first-order valence-electron chi connectivity index (χ1n) is 4.23. The SMILES string of the molecule is C#CC(=O)NC1CCC(C)NC1. The van der Waals surface area contributed by atoms with Crippen molar-refractivity contribution >= 4 is 5.91 Å². The highest BCUT2D eigenvalue weighted by Gasteiger charge is 2.17. The minimum atomic E-state index is -0.309. The Balaban J connectivity index is 2.27. The predicted molar refractivity (Wildman–Crippen MR) is 47.5 cm³/mol. The van der Waals surface area contributed by atoms with Crippen LogP contribution in [0.25, 0.3) is 0 Å². The molecule has 1 amide bonds. The van der Waals surface area contributed by atoms with Crippen LogP contribution in [0, 0.1) is 12.3 Å². The summed E-state index contributed by atoms with van der Waals surface area (Å²) < 4.78 is 0. The largest absolute Gasteiger partial charge is 0.341 e. The second-order valence-corrected chi connectivity index (χ2v) is 3.20. The van der Waals surface area contributed by atoms with E-state index >= 15 is 0 Å². The number of rotatable bonds is 1. The third-order valence-corrected chi connectivity index (χ3v) is 2.13. The number of carbonyl (C=O) groups is 1. The molecule has 1 rings (SSSR count). The van der Waals surface area contributed by atoms with Gasteiger partial charge >= 0.3 is 0 Å². The fourth-order valence-electron chi connectivity index (χ4n) is 1.35. The molecule has 0 aliphatic carbocycles. The van der Waals surface area contributed by atoms with E-state index in [1.165, 1.54) is 0 Å². The van der Waals surface area contributed by atoms with Gasteiger partial charge in [0.25, 0.3) is 5.91 Å². The Kier molecular flexibility index (Phi) is 3.12. The number of hydrogen-bond acceptors (Lipinski definition) is 2. The van der Waals surface area contributed by atoms with Gasteiger partial charge in [0.2, 0.25) is 0 Å². The maximum absolute atomic E-state index is 10.8. The molecule has 3 nitrogen and oxygen atoms in total. The third-order valence-electron chi connectivity index (χ3n) is 2.13. The van der Waals surface area contributed by atoms with Crippen molar-refractivity contribution in [1.29, 1.82) is 0 Å². The van der Waals surface area contributed by atoms with Crippen LogP contribution >= 0.6 is 0 Å². The van der Waals surface area contributed by atoms with Gasteiger partial charge in [0, 0.05) is 18.6 Å². The van der Waals surface area contributed by atoms with E-state index in [0.29, 0.717) is 6.04 Å². The van der Waals surface area contributed by atoms with Crippen LogP contribution in [-0.2, 0) is 4.79 Å². The number of piperidine rings is 1. The van der Waals surface area contributed by atoms with E-state index in [0.717, 1.165) is 19.4 Å². The molecule has 12 heavy (non-hydrogen) atoms. The van der Waals surface area contributed by atoms with E-state index in [-0.39, 0.29) is 11.9 Å². The van der Waals surface area contributed by atoms with Gasteiger partial charge in [0.1, 0.15) is 0 Å². The predicted octanol–water partition coefficient (Wildman–Crippen LogP) is -0.124. The molecular formula is C9H14N2O. The van der Waals surface area contributed by atoms with Crippen molar-refractivity contribution in [3.63, 3.8) is 0 Å². The molecule has 0 spiro atoms. The molecule has 1 aliphatic heterocycles. The fourth-order valence-corrected chi connectivity index (χ4v) is 1.35. The van der Waals surface area contributed by atoms with E-state index in [9.17, 15) is 4.79 Å². The molecule has 1 fully saturated rings. The number of amides is 1. The lowest BCUT2D eigenvalue weighted by Gasteiger charge is -2.27. The summed E-state index contributed by atoms with van der Waals surface area (Å²) in [7, 11) is 0. The van der Waals surface area contributed by atoms with Gasteiger partial charge in [0.05, 0.1) is 0 Å². The minimum absolute atomic E-state index is 0.213. The Labute approximate surface area is 72.9 Å². The zero-order chi connectivity index (χ0) is 8.97. The summed E-state index contributed by atoms with van der Waals surface area (Å²) in [5, 5.41) is 6.03. The van der Waals surface area contributed by atoms with E-state index in [1.54, 1.807) is 0 Å². The molecule has 0 radical (unpaired) electrons. The second kappa shape index (κ2) is 4.13. The van der Waals surface area contributed by atoms with Crippen LogP contribution in [0.15, 0.2) is 0 Å². The number of terminal acetylenes is 1.